The summed E-state index contributed by atoms with van der Waals surface area (Å²) in [5, 5.41) is 3.26. The summed E-state index contributed by atoms with van der Waals surface area (Å²) in [6.45, 7) is 3.10. The quantitative estimate of drug-likeness (QED) is 0.701. The summed E-state index contributed by atoms with van der Waals surface area (Å²) >= 11 is 0. The van der Waals surface area contributed by atoms with Crippen molar-refractivity contribution in [2.45, 2.75) is 19.8 Å². The van der Waals surface area contributed by atoms with Crippen LogP contribution in [0.4, 0.5) is 23.1 Å². The van der Waals surface area contributed by atoms with E-state index in [1.165, 1.54) is 16.8 Å². The molecule has 4 rings (SSSR count). The second-order valence-electron chi connectivity index (χ2n) is 6.77. The predicted octanol–water partition coefficient (Wildman–Crippen LogP) is 4.63. The first-order valence-electron chi connectivity index (χ1n) is 9.37. The van der Waals surface area contributed by atoms with Gasteiger partial charge in [-0.15, -0.1) is 0 Å². The maximum absolute atomic E-state index is 5.37. The van der Waals surface area contributed by atoms with Crippen molar-refractivity contribution in [3.05, 3.63) is 59.8 Å². The lowest BCUT2D eigenvalue weighted by molar-refractivity contribution is 0.355. The lowest BCUT2D eigenvalue weighted by atomic mass is 9.98. The van der Waals surface area contributed by atoms with Crippen LogP contribution in [0, 0.1) is 6.92 Å². The Morgan fingerprint density at radius 1 is 1.04 bits per heavy atom. The van der Waals surface area contributed by atoms with Crippen LogP contribution >= 0.6 is 0 Å². The molecular formula is C22H24N4O2. The Morgan fingerprint density at radius 3 is 2.71 bits per heavy atom. The van der Waals surface area contributed by atoms with Crippen molar-refractivity contribution in [3.63, 3.8) is 0 Å². The van der Waals surface area contributed by atoms with E-state index < -0.39 is 0 Å². The lowest BCUT2D eigenvalue weighted by Gasteiger charge is -2.32. The fraction of sp³-hybridized carbons (Fsp3) is 0.273. The Bertz CT molecular complexity index is 990. The first-order valence-corrected chi connectivity index (χ1v) is 9.37. The number of benzene rings is 2. The highest BCUT2D eigenvalue weighted by Crippen LogP contribution is 2.36. The van der Waals surface area contributed by atoms with E-state index in [-0.39, 0.29) is 0 Å². The van der Waals surface area contributed by atoms with Gasteiger partial charge in [0.05, 0.1) is 14.2 Å². The molecule has 0 fully saturated rings. The maximum atomic E-state index is 5.37. The molecule has 0 aliphatic carbocycles. The molecule has 1 aliphatic heterocycles. The molecule has 6 heteroatoms. The molecule has 0 saturated carbocycles. The lowest BCUT2D eigenvalue weighted by Crippen LogP contribution is -2.26. The first-order chi connectivity index (χ1) is 13.7. The summed E-state index contributed by atoms with van der Waals surface area (Å²) in [5.41, 5.74) is 4.75. The van der Waals surface area contributed by atoms with Crippen molar-refractivity contribution in [2.24, 2.45) is 0 Å². The summed E-state index contributed by atoms with van der Waals surface area (Å²) in [7, 11) is 3.24. The van der Waals surface area contributed by atoms with Gasteiger partial charge in [0, 0.05) is 30.2 Å². The van der Waals surface area contributed by atoms with Crippen molar-refractivity contribution < 1.29 is 9.47 Å². The van der Waals surface area contributed by atoms with E-state index in [1.807, 2.05) is 24.3 Å². The first kappa shape index (κ1) is 18.1. The largest absolute Gasteiger partial charge is 0.493 e. The van der Waals surface area contributed by atoms with Crippen molar-refractivity contribution in [3.8, 4) is 11.5 Å². The third-order valence-electron chi connectivity index (χ3n) is 4.98. The van der Waals surface area contributed by atoms with E-state index in [0.29, 0.717) is 17.4 Å². The molecule has 3 aromatic rings. The van der Waals surface area contributed by atoms with Crippen LogP contribution < -0.4 is 19.7 Å². The number of rotatable bonds is 5. The van der Waals surface area contributed by atoms with E-state index >= 15 is 0 Å². The van der Waals surface area contributed by atoms with Crippen LogP contribution in [0.1, 0.15) is 17.5 Å². The third-order valence-corrected chi connectivity index (χ3v) is 4.98. The van der Waals surface area contributed by atoms with Crippen LogP contribution in [0.25, 0.3) is 0 Å². The molecule has 0 saturated heterocycles. The second kappa shape index (κ2) is 7.76. The van der Waals surface area contributed by atoms with E-state index in [2.05, 4.69) is 40.3 Å². The second-order valence-corrected chi connectivity index (χ2v) is 6.77. The number of hydrogen-bond donors (Lipinski definition) is 1. The molecule has 0 bridgehead atoms. The van der Waals surface area contributed by atoms with Gasteiger partial charge in [0.15, 0.2) is 11.5 Å². The van der Waals surface area contributed by atoms with Gasteiger partial charge in [0.2, 0.25) is 5.95 Å². The Labute approximate surface area is 165 Å². The molecule has 1 aliphatic rings. The van der Waals surface area contributed by atoms with Gasteiger partial charge in [0.25, 0.3) is 0 Å². The minimum atomic E-state index is 0.547. The van der Waals surface area contributed by atoms with Crippen LogP contribution in [-0.4, -0.2) is 30.7 Å². The Kier molecular flexibility index (Phi) is 5.02. The molecule has 144 valence electrons. The smallest absolute Gasteiger partial charge is 0.229 e. The van der Waals surface area contributed by atoms with Gasteiger partial charge in [-0.1, -0.05) is 18.2 Å². The summed E-state index contributed by atoms with van der Waals surface area (Å²) in [6.07, 6.45) is 4.01. The molecule has 2 aromatic carbocycles. The van der Waals surface area contributed by atoms with E-state index in [4.69, 9.17) is 14.5 Å². The highest BCUT2D eigenvalue weighted by Gasteiger charge is 2.21. The standard InChI is InChI=1S/C22H24N4O2/c1-15-6-4-7-16-8-5-13-26(21(15)16)20-11-12-23-22(25-20)24-17-9-10-18(27-2)19(14-17)28-3/h4,6-7,9-12,14H,5,8,13H2,1-3H3,(H,23,24,25). The predicted molar refractivity (Wildman–Crippen MR) is 111 cm³/mol. The van der Waals surface area contributed by atoms with E-state index in [0.717, 1.165) is 30.9 Å². The zero-order valence-electron chi connectivity index (χ0n) is 16.4. The van der Waals surface area contributed by atoms with E-state index in [9.17, 15) is 0 Å². The molecule has 0 atom stereocenters. The maximum Gasteiger partial charge on any atom is 0.229 e. The SMILES string of the molecule is COc1ccc(Nc2nccc(N3CCCc4cccc(C)c43)n2)cc1OC. The summed E-state index contributed by atoms with van der Waals surface area (Å²) in [4.78, 5) is 11.4. The fourth-order valence-electron chi connectivity index (χ4n) is 3.68. The molecule has 0 spiro atoms. The number of para-hydroxylation sites is 1. The van der Waals surface area contributed by atoms with Gasteiger partial charge in [-0.3, -0.25) is 0 Å². The molecule has 28 heavy (non-hydrogen) atoms. The van der Waals surface area contributed by atoms with Gasteiger partial charge in [-0.05, 0) is 49.1 Å². The van der Waals surface area contributed by atoms with Crippen molar-refractivity contribution in [2.75, 3.05) is 31.0 Å². The van der Waals surface area contributed by atoms with Crippen LogP contribution in [0.2, 0.25) is 0 Å². The number of methoxy groups -OCH3 is 2. The zero-order valence-corrected chi connectivity index (χ0v) is 16.4. The highest BCUT2D eigenvalue weighted by molar-refractivity contribution is 5.70. The monoisotopic (exact) mass is 376 g/mol. The van der Waals surface area contributed by atoms with Crippen LogP contribution in [0.15, 0.2) is 48.7 Å². The molecule has 1 aromatic heterocycles. The summed E-state index contributed by atoms with van der Waals surface area (Å²) < 4.78 is 10.7. The van der Waals surface area contributed by atoms with Crippen molar-refractivity contribution >= 4 is 23.1 Å². The minimum absolute atomic E-state index is 0.547. The topological polar surface area (TPSA) is 59.5 Å². The normalized spacial score (nSPS) is 13.0. The van der Waals surface area contributed by atoms with Crippen molar-refractivity contribution in [1.29, 1.82) is 0 Å². The zero-order chi connectivity index (χ0) is 19.5. The molecule has 0 unspecified atom stereocenters. The number of nitrogens with one attached hydrogen (secondary N) is 1. The third kappa shape index (κ3) is 3.45. The number of nitrogens with zero attached hydrogens (tertiary/aromatic N) is 3. The average molecular weight is 376 g/mol. The van der Waals surface area contributed by atoms with Crippen LogP contribution in [0.5, 0.6) is 11.5 Å². The van der Waals surface area contributed by atoms with Gasteiger partial charge in [0.1, 0.15) is 5.82 Å². The van der Waals surface area contributed by atoms with Crippen LogP contribution in [-0.2, 0) is 6.42 Å². The summed E-state index contributed by atoms with van der Waals surface area (Å²) in [6, 6.07) is 14.1. The molecule has 2 heterocycles. The number of aryl methyl sites for hydroxylation is 2. The number of aromatic nitrogens is 2. The fourth-order valence-corrected chi connectivity index (χ4v) is 3.68. The average Bonchev–Trinajstić information content (AvgIpc) is 2.73. The Balaban J connectivity index is 1.63. The van der Waals surface area contributed by atoms with Crippen molar-refractivity contribution in [1.82, 2.24) is 9.97 Å². The number of anilines is 4. The van der Waals surface area contributed by atoms with Gasteiger partial charge >= 0.3 is 0 Å². The molecule has 6 nitrogen and oxygen atoms in total. The Hall–Kier alpha value is -3.28. The number of hydrogen-bond acceptors (Lipinski definition) is 6. The Morgan fingerprint density at radius 2 is 1.89 bits per heavy atom. The van der Waals surface area contributed by atoms with E-state index in [1.54, 1.807) is 20.4 Å². The molecule has 0 amide bonds. The summed E-state index contributed by atoms with van der Waals surface area (Å²) in [5.74, 6) is 2.78. The molecule has 0 radical (unpaired) electrons. The molecular weight excluding hydrogens is 352 g/mol. The van der Waals surface area contributed by atoms with Crippen LogP contribution in [0.3, 0.4) is 0 Å². The number of fused-ring (bicyclic) bond motifs is 1. The van der Waals surface area contributed by atoms with Gasteiger partial charge in [-0.2, -0.15) is 4.98 Å². The number of ether oxygens (including phenoxy) is 2. The molecule has 1 N–H and O–H groups in total. The highest BCUT2D eigenvalue weighted by atomic mass is 16.5. The van der Waals surface area contributed by atoms with Gasteiger partial charge < -0.3 is 19.7 Å². The van der Waals surface area contributed by atoms with Gasteiger partial charge in [-0.25, -0.2) is 4.98 Å². The minimum Gasteiger partial charge on any atom is -0.493 e.